The van der Waals surface area contributed by atoms with Crippen LogP contribution in [-0.4, -0.2) is 15.8 Å². The number of nitrogens with zero attached hydrogens (tertiary/aromatic N) is 2. The van der Waals surface area contributed by atoms with Crippen LogP contribution in [0.2, 0.25) is 5.02 Å². The van der Waals surface area contributed by atoms with Crippen LogP contribution < -0.4 is 10.5 Å². The maximum absolute atomic E-state index is 6.03. The number of aromatic nitrogens is 2. The Labute approximate surface area is 118 Å². The Morgan fingerprint density at radius 1 is 1.47 bits per heavy atom. The van der Waals surface area contributed by atoms with Crippen molar-refractivity contribution in [2.24, 2.45) is 12.8 Å². The topological polar surface area (TPSA) is 53.1 Å². The average molecular weight is 280 g/mol. The molecule has 0 fully saturated rings. The van der Waals surface area contributed by atoms with Crippen LogP contribution >= 0.6 is 11.6 Å². The van der Waals surface area contributed by atoms with Gasteiger partial charge in [0.15, 0.2) is 5.75 Å². The highest BCUT2D eigenvalue weighted by molar-refractivity contribution is 6.30. The summed E-state index contributed by atoms with van der Waals surface area (Å²) in [6, 6.07) is 5.75. The summed E-state index contributed by atoms with van der Waals surface area (Å²) in [7, 11) is 1.85. The van der Waals surface area contributed by atoms with Gasteiger partial charge >= 0.3 is 0 Å². The zero-order valence-electron chi connectivity index (χ0n) is 11.1. The van der Waals surface area contributed by atoms with Crippen LogP contribution in [0.25, 0.3) is 0 Å². The molecule has 0 aliphatic heterocycles. The van der Waals surface area contributed by atoms with Gasteiger partial charge in [-0.2, -0.15) is 5.10 Å². The molecule has 0 radical (unpaired) electrons. The van der Waals surface area contributed by atoms with E-state index in [-0.39, 0.29) is 6.04 Å². The third kappa shape index (κ3) is 3.72. The van der Waals surface area contributed by atoms with Gasteiger partial charge in [-0.05, 0) is 30.5 Å². The first-order valence-corrected chi connectivity index (χ1v) is 6.66. The monoisotopic (exact) mass is 279 g/mol. The summed E-state index contributed by atoms with van der Waals surface area (Å²) in [6.45, 7) is 2.07. The number of hydrogen-bond donors (Lipinski definition) is 1. The molecule has 19 heavy (non-hydrogen) atoms. The second-order valence-electron chi connectivity index (χ2n) is 4.58. The van der Waals surface area contributed by atoms with Gasteiger partial charge in [0.05, 0.1) is 12.4 Å². The van der Waals surface area contributed by atoms with Gasteiger partial charge in [-0.1, -0.05) is 24.6 Å². The fourth-order valence-electron chi connectivity index (χ4n) is 1.80. The van der Waals surface area contributed by atoms with Crippen LogP contribution in [-0.2, 0) is 13.5 Å². The molecule has 0 bridgehead atoms. The molecule has 1 atom stereocenters. The van der Waals surface area contributed by atoms with Crippen molar-refractivity contribution < 1.29 is 4.74 Å². The molecule has 0 spiro atoms. The minimum absolute atomic E-state index is 0.123. The van der Waals surface area contributed by atoms with E-state index in [0.29, 0.717) is 10.8 Å². The van der Waals surface area contributed by atoms with Crippen LogP contribution in [0.3, 0.4) is 0 Å². The molecule has 1 heterocycles. The zero-order chi connectivity index (χ0) is 13.8. The Morgan fingerprint density at radius 3 is 2.89 bits per heavy atom. The highest BCUT2D eigenvalue weighted by Crippen LogP contribution is 2.29. The largest absolute Gasteiger partial charge is 0.454 e. The molecule has 1 aromatic carbocycles. The van der Waals surface area contributed by atoms with Gasteiger partial charge in [-0.15, -0.1) is 0 Å². The third-order valence-electron chi connectivity index (χ3n) is 2.94. The lowest BCUT2D eigenvalue weighted by Crippen LogP contribution is -2.21. The molecule has 0 aliphatic rings. The fraction of sp³-hybridized carbons (Fsp3) is 0.357. The average Bonchev–Trinajstić information content (AvgIpc) is 2.78. The van der Waals surface area contributed by atoms with E-state index in [1.165, 1.54) is 0 Å². The summed E-state index contributed by atoms with van der Waals surface area (Å²) in [4.78, 5) is 0. The van der Waals surface area contributed by atoms with Crippen molar-refractivity contribution in [3.63, 3.8) is 0 Å². The smallest absolute Gasteiger partial charge is 0.165 e. The standard InChI is InChI=1S/C14H18ClN3O/c1-3-12(16)6-10-4-5-11(15)7-14(10)19-13-8-17-18(2)9-13/h4-5,7-9,12H,3,6,16H2,1-2H3. The van der Waals surface area contributed by atoms with Crippen molar-refractivity contribution in [2.45, 2.75) is 25.8 Å². The fourth-order valence-corrected chi connectivity index (χ4v) is 1.96. The molecule has 2 aromatic rings. The van der Waals surface area contributed by atoms with Crippen LogP contribution in [0.5, 0.6) is 11.5 Å². The lowest BCUT2D eigenvalue weighted by atomic mass is 10.0. The summed E-state index contributed by atoms with van der Waals surface area (Å²) in [5.74, 6) is 1.43. The highest BCUT2D eigenvalue weighted by Gasteiger charge is 2.10. The number of rotatable bonds is 5. The molecule has 0 aliphatic carbocycles. The second-order valence-corrected chi connectivity index (χ2v) is 5.01. The van der Waals surface area contributed by atoms with Crippen LogP contribution in [0.15, 0.2) is 30.6 Å². The van der Waals surface area contributed by atoms with Crippen molar-refractivity contribution in [3.8, 4) is 11.5 Å². The van der Waals surface area contributed by atoms with Gasteiger partial charge in [0.2, 0.25) is 0 Å². The summed E-state index contributed by atoms with van der Waals surface area (Å²) in [5.41, 5.74) is 7.06. The maximum atomic E-state index is 6.03. The minimum Gasteiger partial charge on any atom is -0.454 e. The Kier molecular flexibility index (Phi) is 4.45. The molecule has 1 aromatic heterocycles. The molecule has 0 saturated carbocycles. The molecule has 2 N–H and O–H groups in total. The van der Waals surface area contributed by atoms with Gasteiger partial charge in [0, 0.05) is 18.1 Å². The summed E-state index contributed by atoms with van der Waals surface area (Å²) < 4.78 is 7.53. The lowest BCUT2D eigenvalue weighted by molar-refractivity contribution is 0.471. The summed E-state index contributed by atoms with van der Waals surface area (Å²) >= 11 is 6.03. The molecular weight excluding hydrogens is 262 g/mol. The molecule has 1 unspecified atom stereocenters. The quantitative estimate of drug-likeness (QED) is 0.915. The minimum atomic E-state index is 0.123. The molecular formula is C14H18ClN3O. The first kappa shape index (κ1) is 13.9. The summed E-state index contributed by atoms with van der Waals surface area (Å²) in [6.07, 6.45) is 5.17. The Balaban J connectivity index is 2.24. The molecule has 2 rings (SSSR count). The van der Waals surface area contributed by atoms with E-state index < -0.39 is 0 Å². The second kappa shape index (κ2) is 6.08. The number of hydrogen-bond acceptors (Lipinski definition) is 3. The van der Waals surface area contributed by atoms with E-state index >= 15 is 0 Å². The van der Waals surface area contributed by atoms with Crippen LogP contribution in [0, 0.1) is 0 Å². The van der Waals surface area contributed by atoms with E-state index in [4.69, 9.17) is 22.1 Å². The van der Waals surface area contributed by atoms with Crippen molar-refractivity contribution >= 4 is 11.6 Å². The van der Waals surface area contributed by atoms with Gasteiger partial charge in [0.1, 0.15) is 5.75 Å². The van der Waals surface area contributed by atoms with Crippen LogP contribution in [0.4, 0.5) is 0 Å². The molecule has 0 saturated heterocycles. The van der Waals surface area contributed by atoms with E-state index in [0.717, 1.165) is 24.2 Å². The van der Waals surface area contributed by atoms with Gasteiger partial charge in [-0.3, -0.25) is 4.68 Å². The van der Waals surface area contributed by atoms with E-state index in [1.807, 2.05) is 31.4 Å². The Hall–Kier alpha value is -1.52. The van der Waals surface area contributed by atoms with Crippen molar-refractivity contribution in [3.05, 3.63) is 41.2 Å². The number of nitrogens with two attached hydrogens (primary N) is 1. The predicted octanol–water partition coefficient (Wildman–Crippen LogP) is 3.15. The number of aryl methyl sites for hydroxylation is 1. The van der Waals surface area contributed by atoms with Crippen molar-refractivity contribution in [1.29, 1.82) is 0 Å². The molecule has 5 heteroatoms. The van der Waals surface area contributed by atoms with Gasteiger partial charge in [-0.25, -0.2) is 0 Å². The van der Waals surface area contributed by atoms with Crippen LogP contribution in [0.1, 0.15) is 18.9 Å². The Morgan fingerprint density at radius 2 is 2.26 bits per heavy atom. The predicted molar refractivity (Wildman–Crippen MR) is 76.7 cm³/mol. The molecule has 0 amide bonds. The van der Waals surface area contributed by atoms with Gasteiger partial charge in [0.25, 0.3) is 0 Å². The maximum Gasteiger partial charge on any atom is 0.165 e. The third-order valence-corrected chi connectivity index (χ3v) is 3.18. The highest BCUT2D eigenvalue weighted by atomic mass is 35.5. The van der Waals surface area contributed by atoms with Crippen molar-refractivity contribution in [2.75, 3.05) is 0 Å². The normalized spacial score (nSPS) is 12.4. The SMILES string of the molecule is CCC(N)Cc1ccc(Cl)cc1Oc1cnn(C)c1. The number of halogens is 1. The summed E-state index contributed by atoms with van der Waals surface area (Å²) in [5, 5.41) is 4.72. The van der Waals surface area contributed by atoms with Gasteiger partial charge < -0.3 is 10.5 Å². The lowest BCUT2D eigenvalue weighted by Gasteiger charge is -2.13. The van der Waals surface area contributed by atoms with E-state index in [1.54, 1.807) is 10.9 Å². The number of ether oxygens (including phenoxy) is 1. The van der Waals surface area contributed by atoms with Crippen molar-refractivity contribution in [1.82, 2.24) is 9.78 Å². The number of benzene rings is 1. The van der Waals surface area contributed by atoms with E-state index in [9.17, 15) is 0 Å². The van der Waals surface area contributed by atoms with E-state index in [2.05, 4.69) is 12.0 Å². The zero-order valence-corrected chi connectivity index (χ0v) is 11.9. The first-order valence-electron chi connectivity index (χ1n) is 6.29. The molecule has 102 valence electrons. The Bertz CT molecular complexity index is 553. The first-order chi connectivity index (χ1) is 9.08. The molecule has 4 nitrogen and oxygen atoms in total.